The third-order valence-corrected chi connectivity index (χ3v) is 3.78. The van der Waals surface area contributed by atoms with Gasteiger partial charge in [0.15, 0.2) is 6.61 Å². The molecule has 1 atom stereocenters. The second kappa shape index (κ2) is 7.20. The van der Waals surface area contributed by atoms with Crippen LogP contribution in [0.15, 0.2) is 30.9 Å². The summed E-state index contributed by atoms with van der Waals surface area (Å²) >= 11 is 0. The van der Waals surface area contributed by atoms with Gasteiger partial charge in [-0.15, -0.1) is 0 Å². The topological polar surface area (TPSA) is 101 Å². The van der Waals surface area contributed by atoms with Crippen LogP contribution in [0.3, 0.4) is 0 Å². The molecule has 1 aliphatic heterocycles. The average molecular weight is 344 g/mol. The molecule has 1 aromatic heterocycles. The van der Waals surface area contributed by atoms with E-state index in [0.717, 1.165) is 0 Å². The number of aromatic nitrogens is 3. The van der Waals surface area contributed by atoms with Crippen molar-refractivity contribution in [2.75, 3.05) is 23.4 Å². The number of ether oxygens (including phenoxy) is 1. The number of carbonyl (C=O) groups is 2. The first kappa shape index (κ1) is 16.7. The Hall–Kier alpha value is -3.10. The molecule has 0 aliphatic carbocycles. The molecule has 0 saturated carbocycles. The second-order valence-electron chi connectivity index (χ2n) is 5.73. The fraction of sp³-hybridized carbons (Fsp3) is 0.375. The summed E-state index contributed by atoms with van der Waals surface area (Å²) in [5.74, 6) is 0.532. The molecule has 2 N–H and O–H groups in total. The number of anilines is 2. The van der Waals surface area contributed by atoms with Crippen LogP contribution >= 0.6 is 0 Å². The molecule has 132 valence electrons. The van der Waals surface area contributed by atoms with E-state index in [9.17, 15) is 9.59 Å². The van der Waals surface area contributed by atoms with Crippen LogP contribution in [0.25, 0.3) is 0 Å². The van der Waals surface area contributed by atoms with Gasteiger partial charge in [0, 0.05) is 18.3 Å². The molecule has 25 heavy (non-hydrogen) atoms. The summed E-state index contributed by atoms with van der Waals surface area (Å²) in [5.41, 5.74) is 1.24. The zero-order valence-electron chi connectivity index (χ0n) is 14.1. The highest BCUT2D eigenvalue weighted by Gasteiger charge is 2.24. The molecule has 0 bridgehead atoms. The first-order chi connectivity index (χ1) is 12.1. The second-order valence-corrected chi connectivity index (χ2v) is 5.73. The molecule has 9 nitrogen and oxygen atoms in total. The van der Waals surface area contributed by atoms with Crippen LogP contribution in [0.4, 0.5) is 16.2 Å². The molecule has 0 fully saturated rings. The minimum absolute atomic E-state index is 0.0356. The van der Waals surface area contributed by atoms with Crippen LogP contribution < -0.4 is 20.3 Å². The van der Waals surface area contributed by atoms with Crippen molar-refractivity contribution in [2.45, 2.75) is 26.4 Å². The van der Waals surface area contributed by atoms with Crippen molar-refractivity contribution in [2.24, 2.45) is 0 Å². The lowest BCUT2D eigenvalue weighted by molar-refractivity contribution is -0.121. The predicted octanol–water partition coefficient (Wildman–Crippen LogP) is 1.23. The molecule has 1 aromatic carbocycles. The number of likely N-dealkylation sites (N-methyl/N-ethyl adjacent to an activating group) is 1. The van der Waals surface area contributed by atoms with E-state index >= 15 is 0 Å². The van der Waals surface area contributed by atoms with Gasteiger partial charge in [-0.3, -0.25) is 9.48 Å². The molecule has 3 amide bonds. The standard InChI is InChI=1S/C16H20N6O3/c1-3-22-13-6-12(4-5-14(13)25-8-15(22)23)20-16(24)19-11(2)7-21-10-17-9-18-21/h4-6,9-11H,3,7-8H2,1-2H3,(H2,19,20,24). The lowest BCUT2D eigenvalue weighted by Gasteiger charge is -2.28. The number of nitrogens with one attached hydrogen (secondary N) is 2. The molecular weight excluding hydrogens is 324 g/mol. The van der Waals surface area contributed by atoms with Crippen LogP contribution in [-0.4, -0.2) is 45.9 Å². The normalized spacial score (nSPS) is 14.5. The SMILES string of the molecule is CCN1C(=O)COc2ccc(NC(=O)NC(C)Cn3cncn3)cc21. The molecule has 2 heterocycles. The predicted molar refractivity (Wildman–Crippen MR) is 91.6 cm³/mol. The van der Waals surface area contributed by atoms with Gasteiger partial charge in [0.05, 0.1) is 12.2 Å². The monoisotopic (exact) mass is 344 g/mol. The maximum Gasteiger partial charge on any atom is 0.319 e. The zero-order chi connectivity index (χ0) is 17.8. The Balaban J connectivity index is 1.63. The first-order valence-electron chi connectivity index (χ1n) is 8.04. The molecule has 1 unspecified atom stereocenters. The molecule has 0 spiro atoms. The Morgan fingerprint density at radius 2 is 2.28 bits per heavy atom. The number of hydrogen-bond donors (Lipinski definition) is 2. The molecule has 1 aliphatic rings. The van der Waals surface area contributed by atoms with Gasteiger partial charge in [0.2, 0.25) is 0 Å². The highest BCUT2D eigenvalue weighted by Crippen LogP contribution is 2.34. The maximum absolute atomic E-state index is 12.2. The van der Waals surface area contributed by atoms with Gasteiger partial charge in [-0.1, -0.05) is 0 Å². The van der Waals surface area contributed by atoms with Crippen LogP contribution in [-0.2, 0) is 11.3 Å². The molecule has 2 aromatic rings. The Labute approximate surface area is 145 Å². The van der Waals surface area contributed by atoms with Gasteiger partial charge in [-0.25, -0.2) is 9.78 Å². The summed E-state index contributed by atoms with van der Waals surface area (Å²) in [4.78, 5) is 29.6. The number of nitrogens with zero attached hydrogens (tertiary/aromatic N) is 4. The van der Waals surface area contributed by atoms with Crippen molar-refractivity contribution in [1.29, 1.82) is 0 Å². The number of fused-ring (bicyclic) bond motifs is 1. The van der Waals surface area contributed by atoms with Crippen LogP contribution in [0.1, 0.15) is 13.8 Å². The molecule has 3 rings (SSSR count). The average Bonchev–Trinajstić information content (AvgIpc) is 3.07. The number of benzene rings is 1. The summed E-state index contributed by atoms with van der Waals surface area (Å²) in [6.45, 7) is 4.86. The van der Waals surface area contributed by atoms with E-state index in [1.165, 1.54) is 6.33 Å². The zero-order valence-corrected chi connectivity index (χ0v) is 14.1. The number of rotatable bonds is 5. The van der Waals surface area contributed by atoms with E-state index in [4.69, 9.17) is 4.74 Å². The summed E-state index contributed by atoms with van der Waals surface area (Å²) in [5, 5.41) is 9.61. The third-order valence-electron chi connectivity index (χ3n) is 3.78. The summed E-state index contributed by atoms with van der Waals surface area (Å²) in [6, 6.07) is 4.76. The van der Waals surface area contributed by atoms with E-state index in [1.54, 1.807) is 34.1 Å². The van der Waals surface area contributed by atoms with Crippen molar-refractivity contribution >= 4 is 23.3 Å². The van der Waals surface area contributed by atoms with E-state index in [0.29, 0.717) is 30.2 Å². The maximum atomic E-state index is 12.2. The Kier molecular flexibility index (Phi) is 4.82. The Morgan fingerprint density at radius 1 is 1.44 bits per heavy atom. The minimum Gasteiger partial charge on any atom is -0.482 e. The van der Waals surface area contributed by atoms with Crippen molar-refractivity contribution in [3.63, 3.8) is 0 Å². The Morgan fingerprint density at radius 3 is 3.00 bits per heavy atom. The lowest BCUT2D eigenvalue weighted by Crippen LogP contribution is -2.39. The number of hydrogen-bond acceptors (Lipinski definition) is 5. The van der Waals surface area contributed by atoms with Gasteiger partial charge in [-0.2, -0.15) is 5.10 Å². The van der Waals surface area contributed by atoms with E-state index in [1.807, 2.05) is 13.8 Å². The first-order valence-corrected chi connectivity index (χ1v) is 8.04. The van der Waals surface area contributed by atoms with Crippen molar-refractivity contribution < 1.29 is 14.3 Å². The Bertz CT molecular complexity index is 761. The molecule has 0 saturated heterocycles. The fourth-order valence-electron chi connectivity index (χ4n) is 2.67. The quantitative estimate of drug-likeness (QED) is 0.849. The largest absolute Gasteiger partial charge is 0.482 e. The van der Waals surface area contributed by atoms with Crippen molar-refractivity contribution in [3.05, 3.63) is 30.9 Å². The van der Waals surface area contributed by atoms with Gasteiger partial charge in [0.1, 0.15) is 18.4 Å². The highest BCUT2D eigenvalue weighted by molar-refractivity contribution is 5.99. The van der Waals surface area contributed by atoms with Gasteiger partial charge >= 0.3 is 6.03 Å². The molecule has 0 radical (unpaired) electrons. The van der Waals surface area contributed by atoms with Crippen molar-refractivity contribution in [1.82, 2.24) is 20.1 Å². The number of carbonyl (C=O) groups excluding carboxylic acids is 2. The summed E-state index contributed by atoms with van der Waals surface area (Å²) in [6.07, 6.45) is 3.04. The smallest absolute Gasteiger partial charge is 0.319 e. The van der Waals surface area contributed by atoms with Crippen molar-refractivity contribution in [3.8, 4) is 5.75 Å². The number of amides is 3. The summed E-state index contributed by atoms with van der Waals surface area (Å²) in [7, 11) is 0. The third kappa shape index (κ3) is 3.87. The van der Waals surface area contributed by atoms with Gasteiger partial charge in [0.25, 0.3) is 5.91 Å². The van der Waals surface area contributed by atoms with Crippen LogP contribution in [0.5, 0.6) is 5.75 Å². The summed E-state index contributed by atoms with van der Waals surface area (Å²) < 4.78 is 7.06. The molecule has 9 heteroatoms. The fourth-order valence-corrected chi connectivity index (χ4v) is 2.67. The number of urea groups is 1. The van der Waals surface area contributed by atoms with E-state index in [2.05, 4.69) is 20.7 Å². The van der Waals surface area contributed by atoms with E-state index in [-0.39, 0.29) is 24.6 Å². The van der Waals surface area contributed by atoms with Gasteiger partial charge in [-0.05, 0) is 32.0 Å². The van der Waals surface area contributed by atoms with Gasteiger partial charge < -0.3 is 20.3 Å². The lowest BCUT2D eigenvalue weighted by atomic mass is 10.2. The van der Waals surface area contributed by atoms with Crippen LogP contribution in [0, 0.1) is 0 Å². The molecular formula is C16H20N6O3. The van der Waals surface area contributed by atoms with E-state index < -0.39 is 0 Å². The van der Waals surface area contributed by atoms with Crippen LogP contribution in [0.2, 0.25) is 0 Å². The highest BCUT2D eigenvalue weighted by atomic mass is 16.5. The minimum atomic E-state index is -0.335.